The van der Waals surface area contributed by atoms with Gasteiger partial charge >= 0.3 is 6.09 Å². The van der Waals surface area contributed by atoms with Crippen LogP contribution in [0, 0.1) is 13.8 Å². The van der Waals surface area contributed by atoms with Gasteiger partial charge < -0.3 is 29.7 Å². The van der Waals surface area contributed by atoms with Crippen molar-refractivity contribution in [3.63, 3.8) is 0 Å². The molecule has 1 saturated heterocycles. The number of hydrogen-bond donors (Lipinski definition) is 2. The van der Waals surface area contributed by atoms with Crippen LogP contribution in [0.3, 0.4) is 0 Å². The molecule has 2 amide bonds. The molecule has 1 aromatic heterocycles. The number of rotatable bonds is 13. The van der Waals surface area contributed by atoms with Crippen LogP contribution in [0.2, 0.25) is 0 Å². The Hall–Kier alpha value is -2.73. The van der Waals surface area contributed by atoms with Crippen molar-refractivity contribution in [2.75, 3.05) is 70.6 Å². The molecular weight excluding hydrogens is 518 g/mol. The fraction of sp³-hybridized carbons (Fsp3) is 0.607. The van der Waals surface area contributed by atoms with Gasteiger partial charge in [0.25, 0.3) is 5.91 Å². The van der Waals surface area contributed by atoms with Crippen LogP contribution in [-0.4, -0.2) is 93.2 Å². The zero-order valence-electron chi connectivity index (χ0n) is 23.9. The van der Waals surface area contributed by atoms with Gasteiger partial charge in [0.2, 0.25) is 0 Å². The van der Waals surface area contributed by atoms with Crippen LogP contribution in [0.5, 0.6) is 0 Å². The van der Waals surface area contributed by atoms with E-state index in [1.807, 2.05) is 26.2 Å². The van der Waals surface area contributed by atoms with Crippen molar-refractivity contribution in [1.29, 1.82) is 0 Å². The van der Waals surface area contributed by atoms with Crippen LogP contribution >= 0.6 is 11.3 Å². The fourth-order valence-electron chi connectivity index (χ4n) is 4.01. The molecule has 0 saturated carbocycles. The molecule has 3 rings (SSSR count). The molecular formula is C28H43N5O5S. The van der Waals surface area contributed by atoms with E-state index in [4.69, 9.17) is 14.2 Å². The summed E-state index contributed by atoms with van der Waals surface area (Å²) >= 11 is 1.51. The first-order chi connectivity index (χ1) is 18.6. The largest absolute Gasteiger partial charge is 0.444 e. The lowest BCUT2D eigenvalue weighted by atomic mass is 10.0. The second kappa shape index (κ2) is 15.2. The SMILES string of the molecule is Cc1ccc(C)c(CN2CCN(c3nc(C(=O)NCCOCCOCCNC(=O)OC(C)(C)C)cs3)CC2)c1. The van der Waals surface area contributed by atoms with E-state index >= 15 is 0 Å². The number of aryl methyl sites for hydroxylation is 2. The van der Waals surface area contributed by atoms with Gasteiger partial charge in [-0.15, -0.1) is 11.3 Å². The van der Waals surface area contributed by atoms with Crippen molar-refractivity contribution in [2.45, 2.75) is 46.8 Å². The quantitative estimate of drug-likeness (QED) is 0.359. The number of amides is 2. The van der Waals surface area contributed by atoms with Crippen LogP contribution in [-0.2, 0) is 20.8 Å². The number of nitrogens with zero attached hydrogens (tertiary/aromatic N) is 3. The Morgan fingerprint density at radius 2 is 1.64 bits per heavy atom. The highest BCUT2D eigenvalue weighted by atomic mass is 32.1. The molecule has 216 valence electrons. The van der Waals surface area contributed by atoms with Crippen molar-refractivity contribution in [3.8, 4) is 0 Å². The van der Waals surface area contributed by atoms with Gasteiger partial charge in [-0.05, 0) is 45.7 Å². The summed E-state index contributed by atoms with van der Waals surface area (Å²) in [6.45, 7) is 16.7. The van der Waals surface area contributed by atoms with Gasteiger partial charge in [0, 0.05) is 51.2 Å². The minimum Gasteiger partial charge on any atom is -0.444 e. The number of alkyl carbamates (subject to hydrolysis) is 1. The molecule has 1 fully saturated rings. The normalized spacial score (nSPS) is 14.3. The lowest BCUT2D eigenvalue weighted by Crippen LogP contribution is -2.46. The average molecular weight is 562 g/mol. The molecule has 2 N–H and O–H groups in total. The van der Waals surface area contributed by atoms with Crippen LogP contribution in [0.1, 0.15) is 48.0 Å². The molecule has 39 heavy (non-hydrogen) atoms. The van der Waals surface area contributed by atoms with Gasteiger partial charge in [-0.2, -0.15) is 0 Å². The van der Waals surface area contributed by atoms with Gasteiger partial charge in [-0.25, -0.2) is 9.78 Å². The van der Waals surface area contributed by atoms with Crippen molar-refractivity contribution in [2.24, 2.45) is 0 Å². The highest BCUT2D eigenvalue weighted by molar-refractivity contribution is 7.13. The Morgan fingerprint density at radius 3 is 2.31 bits per heavy atom. The summed E-state index contributed by atoms with van der Waals surface area (Å²) in [5.41, 5.74) is 3.94. The number of hydrogen-bond acceptors (Lipinski definition) is 9. The Bertz CT molecular complexity index is 1060. The summed E-state index contributed by atoms with van der Waals surface area (Å²) < 4.78 is 16.1. The molecule has 1 aromatic carbocycles. The van der Waals surface area contributed by atoms with E-state index in [2.05, 4.69) is 57.5 Å². The van der Waals surface area contributed by atoms with Crippen LogP contribution in [0.4, 0.5) is 9.93 Å². The number of nitrogens with one attached hydrogen (secondary N) is 2. The third kappa shape index (κ3) is 11.1. The first kappa shape index (κ1) is 30.8. The van der Waals surface area contributed by atoms with E-state index in [1.165, 1.54) is 28.0 Å². The summed E-state index contributed by atoms with van der Waals surface area (Å²) in [4.78, 5) is 33.3. The smallest absolute Gasteiger partial charge is 0.407 e. The molecule has 0 aliphatic carbocycles. The third-order valence-electron chi connectivity index (χ3n) is 6.08. The maximum Gasteiger partial charge on any atom is 0.407 e. The maximum atomic E-state index is 12.5. The van der Waals surface area contributed by atoms with Crippen molar-refractivity contribution in [3.05, 3.63) is 46.0 Å². The van der Waals surface area contributed by atoms with Gasteiger partial charge in [-0.3, -0.25) is 9.69 Å². The predicted octanol–water partition coefficient (Wildman–Crippen LogP) is 3.37. The number of anilines is 1. The summed E-state index contributed by atoms with van der Waals surface area (Å²) in [6.07, 6.45) is -0.461. The Balaban J connectivity index is 1.24. The van der Waals surface area contributed by atoms with E-state index in [0.717, 1.165) is 37.9 Å². The average Bonchev–Trinajstić information content (AvgIpc) is 3.37. The number of piperazine rings is 1. The Morgan fingerprint density at radius 1 is 0.974 bits per heavy atom. The summed E-state index contributed by atoms with van der Waals surface area (Å²) in [5, 5.41) is 8.19. The molecule has 0 atom stereocenters. The van der Waals surface area contributed by atoms with E-state index in [1.54, 1.807) is 0 Å². The number of carbonyl (C=O) groups excluding carboxylic acids is 2. The number of ether oxygens (including phenoxy) is 3. The Labute approximate surface area is 236 Å². The summed E-state index contributed by atoms with van der Waals surface area (Å²) in [6, 6.07) is 6.63. The lowest BCUT2D eigenvalue weighted by molar-refractivity contribution is 0.0400. The van der Waals surface area contributed by atoms with Crippen LogP contribution < -0.4 is 15.5 Å². The number of benzene rings is 1. The van der Waals surface area contributed by atoms with Gasteiger partial charge in [0.15, 0.2) is 5.13 Å². The zero-order valence-corrected chi connectivity index (χ0v) is 24.7. The molecule has 0 bridgehead atoms. The van der Waals surface area contributed by atoms with Crippen LogP contribution in [0.15, 0.2) is 23.6 Å². The molecule has 11 heteroatoms. The number of carbonyl (C=O) groups is 2. The van der Waals surface area contributed by atoms with E-state index in [0.29, 0.717) is 45.2 Å². The zero-order chi connectivity index (χ0) is 28.3. The molecule has 2 heterocycles. The molecule has 2 aromatic rings. The van der Waals surface area contributed by atoms with Gasteiger partial charge in [0.05, 0.1) is 26.4 Å². The predicted molar refractivity (Wildman–Crippen MR) is 154 cm³/mol. The van der Waals surface area contributed by atoms with E-state index < -0.39 is 11.7 Å². The minimum absolute atomic E-state index is 0.195. The highest BCUT2D eigenvalue weighted by Crippen LogP contribution is 2.23. The second-order valence-corrected chi connectivity index (χ2v) is 11.5. The number of aromatic nitrogens is 1. The number of thiazole rings is 1. The standard InChI is InChI=1S/C28H43N5O5S/c1-21-6-7-22(2)23(18-21)19-32-10-12-33(13-11-32)26-31-24(20-39-26)25(34)29-8-14-36-16-17-37-15-9-30-27(35)38-28(3,4)5/h6-7,18,20H,8-17,19H2,1-5H3,(H,29,34)(H,30,35). The summed E-state index contributed by atoms with van der Waals surface area (Å²) in [7, 11) is 0. The van der Waals surface area contributed by atoms with E-state index in [9.17, 15) is 9.59 Å². The molecule has 0 radical (unpaired) electrons. The Kier molecular flexibility index (Phi) is 12.0. The second-order valence-electron chi connectivity index (χ2n) is 10.6. The maximum absolute atomic E-state index is 12.5. The summed E-state index contributed by atoms with van der Waals surface area (Å²) in [5.74, 6) is -0.195. The van der Waals surface area contributed by atoms with Gasteiger partial charge in [0.1, 0.15) is 11.3 Å². The highest BCUT2D eigenvalue weighted by Gasteiger charge is 2.21. The fourth-order valence-corrected chi connectivity index (χ4v) is 4.87. The van der Waals surface area contributed by atoms with Crippen LogP contribution in [0.25, 0.3) is 0 Å². The van der Waals surface area contributed by atoms with Crippen molar-refractivity contribution in [1.82, 2.24) is 20.5 Å². The third-order valence-corrected chi connectivity index (χ3v) is 6.99. The molecule has 1 aliphatic rings. The first-order valence-electron chi connectivity index (χ1n) is 13.5. The molecule has 1 aliphatic heterocycles. The van der Waals surface area contributed by atoms with Gasteiger partial charge in [-0.1, -0.05) is 23.8 Å². The van der Waals surface area contributed by atoms with Crippen molar-refractivity contribution >= 4 is 28.5 Å². The van der Waals surface area contributed by atoms with Crippen molar-refractivity contribution < 1.29 is 23.8 Å². The minimum atomic E-state index is -0.520. The topological polar surface area (TPSA) is 105 Å². The molecule has 10 nitrogen and oxygen atoms in total. The van der Waals surface area contributed by atoms with E-state index in [-0.39, 0.29) is 5.91 Å². The first-order valence-corrected chi connectivity index (χ1v) is 14.4. The lowest BCUT2D eigenvalue weighted by Gasteiger charge is -2.34. The molecule has 0 spiro atoms. The molecule has 0 unspecified atom stereocenters. The monoisotopic (exact) mass is 561 g/mol.